The number of anilines is 1. The molecule has 0 amide bonds. The lowest BCUT2D eigenvalue weighted by Crippen LogP contribution is -2.47. The van der Waals surface area contributed by atoms with Crippen LogP contribution in [0.1, 0.15) is 20.3 Å². The van der Waals surface area contributed by atoms with Gasteiger partial charge >= 0.3 is 0 Å². The number of piperazine rings is 1. The van der Waals surface area contributed by atoms with Crippen molar-refractivity contribution in [1.29, 1.82) is 5.26 Å². The van der Waals surface area contributed by atoms with Crippen LogP contribution in [0.2, 0.25) is 0 Å². The quantitative estimate of drug-likeness (QED) is 0.846. The van der Waals surface area contributed by atoms with Crippen LogP contribution in [-0.2, 0) is 0 Å². The highest BCUT2D eigenvalue weighted by atomic mass is 19.1. The standard InChI is InChI=1S/C16H22FN3/c1-16(2,13-18)7-8-19-9-11-20(12-10-19)15-6-4-3-5-14(15)17/h3-6H,7-12H2,1-2H3. The second kappa shape index (κ2) is 6.23. The molecule has 1 heterocycles. The van der Waals surface area contributed by atoms with Gasteiger partial charge in [-0.1, -0.05) is 12.1 Å². The molecule has 0 unspecified atom stereocenters. The first kappa shape index (κ1) is 14.8. The monoisotopic (exact) mass is 275 g/mol. The zero-order chi connectivity index (χ0) is 14.6. The van der Waals surface area contributed by atoms with Crippen molar-refractivity contribution < 1.29 is 4.39 Å². The lowest BCUT2D eigenvalue weighted by Gasteiger charge is -2.36. The Kier molecular flexibility index (Phi) is 4.61. The van der Waals surface area contributed by atoms with Crippen LogP contribution in [-0.4, -0.2) is 37.6 Å². The van der Waals surface area contributed by atoms with Gasteiger partial charge in [0.15, 0.2) is 0 Å². The molecule has 108 valence electrons. The molecular formula is C16H22FN3. The van der Waals surface area contributed by atoms with Gasteiger partial charge in [-0.3, -0.25) is 4.90 Å². The van der Waals surface area contributed by atoms with E-state index in [2.05, 4.69) is 15.9 Å². The Morgan fingerprint density at radius 3 is 2.45 bits per heavy atom. The van der Waals surface area contributed by atoms with Crippen LogP contribution in [0.5, 0.6) is 0 Å². The number of hydrogen-bond donors (Lipinski definition) is 0. The Bertz CT molecular complexity index is 485. The van der Waals surface area contributed by atoms with E-state index in [1.807, 2.05) is 26.0 Å². The van der Waals surface area contributed by atoms with E-state index in [-0.39, 0.29) is 11.2 Å². The maximum absolute atomic E-state index is 13.7. The second-order valence-corrected chi connectivity index (χ2v) is 6.03. The van der Waals surface area contributed by atoms with Crippen LogP contribution in [0.4, 0.5) is 10.1 Å². The van der Waals surface area contributed by atoms with Crippen molar-refractivity contribution in [2.45, 2.75) is 20.3 Å². The molecule has 1 aromatic rings. The predicted molar refractivity (Wildman–Crippen MR) is 79.1 cm³/mol. The van der Waals surface area contributed by atoms with Crippen LogP contribution >= 0.6 is 0 Å². The summed E-state index contributed by atoms with van der Waals surface area (Å²) in [6, 6.07) is 9.28. The van der Waals surface area contributed by atoms with Crippen LogP contribution in [0.25, 0.3) is 0 Å². The highest BCUT2D eigenvalue weighted by Crippen LogP contribution is 2.22. The number of nitrogens with zero attached hydrogens (tertiary/aromatic N) is 3. The molecule has 1 aliphatic heterocycles. The van der Waals surface area contributed by atoms with E-state index in [1.165, 1.54) is 6.07 Å². The largest absolute Gasteiger partial charge is 0.367 e. The summed E-state index contributed by atoms with van der Waals surface area (Å²) in [5.74, 6) is -0.147. The Morgan fingerprint density at radius 2 is 1.85 bits per heavy atom. The van der Waals surface area contributed by atoms with Gasteiger partial charge in [-0.15, -0.1) is 0 Å². The third kappa shape index (κ3) is 3.71. The molecule has 0 aliphatic carbocycles. The van der Waals surface area contributed by atoms with E-state index >= 15 is 0 Å². The molecule has 0 saturated carbocycles. The van der Waals surface area contributed by atoms with Gasteiger partial charge in [-0.05, 0) is 38.9 Å². The molecule has 1 aromatic carbocycles. The van der Waals surface area contributed by atoms with Gasteiger partial charge in [0.25, 0.3) is 0 Å². The molecule has 0 N–H and O–H groups in total. The minimum atomic E-state index is -0.261. The van der Waals surface area contributed by atoms with Gasteiger partial charge in [0, 0.05) is 26.2 Å². The van der Waals surface area contributed by atoms with Gasteiger partial charge < -0.3 is 4.90 Å². The van der Waals surface area contributed by atoms with E-state index < -0.39 is 0 Å². The molecule has 0 aromatic heterocycles. The third-order valence-electron chi connectivity index (χ3n) is 3.92. The molecule has 20 heavy (non-hydrogen) atoms. The van der Waals surface area contributed by atoms with Crippen molar-refractivity contribution in [2.75, 3.05) is 37.6 Å². The van der Waals surface area contributed by atoms with Crippen LogP contribution < -0.4 is 4.90 Å². The Labute approximate surface area is 120 Å². The lowest BCUT2D eigenvalue weighted by atomic mass is 9.91. The first-order valence-corrected chi connectivity index (χ1v) is 7.15. The van der Waals surface area contributed by atoms with Crippen LogP contribution in [0.15, 0.2) is 24.3 Å². The fraction of sp³-hybridized carbons (Fsp3) is 0.562. The number of nitriles is 1. The molecule has 0 atom stereocenters. The van der Waals surface area contributed by atoms with Crippen molar-refractivity contribution in [3.63, 3.8) is 0 Å². The number of rotatable bonds is 4. The molecule has 3 nitrogen and oxygen atoms in total. The van der Waals surface area contributed by atoms with Crippen molar-refractivity contribution in [2.24, 2.45) is 5.41 Å². The number of hydrogen-bond acceptors (Lipinski definition) is 3. The average molecular weight is 275 g/mol. The van der Waals surface area contributed by atoms with Crippen LogP contribution in [0.3, 0.4) is 0 Å². The fourth-order valence-electron chi connectivity index (χ4n) is 2.41. The number of benzene rings is 1. The first-order chi connectivity index (χ1) is 9.52. The van der Waals surface area contributed by atoms with E-state index in [0.29, 0.717) is 5.69 Å². The lowest BCUT2D eigenvalue weighted by molar-refractivity contribution is 0.229. The van der Waals surface area contributed by atoms with Gasteiger partial charge in [-0.25, -0.2) is 4.39 Å². The summed E-state index contributed by atoms with van der Waals surface area (Å²) in [6.45, 7) is 8.42. The van der Waals surface area contributed by atoms with Gasteiger partial charge in [0.2, 0.25) is 0 Å². The fourth-order valence-corrected chi connectivity index (χ4v) is 2.41. The Hall–Kier alpha value is -1.60. The first-order valence-electron chi connectivity index (χ1n) is 7.15. The maximum Gasteiger partial charge on any atom is 0.146 e. The van der Waals surface area contributed by atoms with Crippen LogP contribution in [0, 0.1) is 22.6 Å². The third-order valence-corrected chi connectivity index (χ3v) is 3.92. The highest BCUT2D eigenvalue weighted by Gasteiger charge is 2.22. The molecule has 1 fully saturated rings. The summed E-state index contributed by atoms with van der Waals surface area (Å²) in [5.41, 5.74) is 0.437. The van der Waals surface area contributed by atoms with Gasteiger partial charge in [0.05, 0.1) is 17.2 Å². The van der Waals surface area contributed by atoms with Gasteiger partial charge in [-0.2, -0.15) is 5.26 Å². The number of halogens is 1. The summed E-state index contributed by atoms with van der Waals surface area (Å²) in [6.07, 6.45) is 0.878. The Morgan fingerprint density at radius 1 is 1.20 bits per heavy atom. The molecule has 1 aliphatic rings. The van der Waals surface area contributed by atoms with Gasteiger partial charge in [0.1, 0.15) is 5.82 Å². The van der Waals surface area contributed by atoms with Crippen molar-refractivity contribution in [3.05, 3.63) is 30.1 Å². The van der Waals surface area contributed by atoms with E-state index in [9.17, 15) is 4.39 Å². The Balaban J connectivity index is 1.84. The molecule has 0 bridgehead atoms. The zero-order valence-corrected chi connectivity index (χ0v) is 12.3. The van der Waals surface area contributed by atoms with Crippen molar-refractivity contribution >= 4 is 5.69 Å². The smallest absolute Gasteiger partial charge is 0.146 e. The summed E-state index contributed by atoms with van der Waals surface area (Å²) in [5, 5.41) is 9.03. The molecule has 2 rings (SSSR count). The molecule has 1 saturated heterocycles. The minimum absolute atomic E-state index is 0.147. The van der Waals surface area contributed by atoms with Crippen molar-refractivity contribution in [1.82, 2.24) is 4.90 Å². The van der Waals surface area contributed by atoms with E-state index in [0.717, 1.165) is 39.1 Å². The second-order valence-electron chi connectivity index (χ2n) is 6.03. The molecule has 4 heteroatoms. The summed E-state index contributed by atoms with van der Waals surface area (Å²) in [7, 11) is 0. The minimum Gasteiger partial charge on any atom is -0.367 e. The summed E-state index contributed by atoms with van der Waals surface area (Å²) in [4.78, 5) is 4.46. The topological polar surface area (TPSA) is 30.3 Å². The summed E-state index contributed by atoms with van der Waals surface area (Å²) >= 11 is 0. The molecular weight excluding hydrogens is 253 g/mol. The van der Waals surface area contributed by atoms with E-state index in [1.54, 1.807) is 6.07 Å². The number of para-hydroxylation sites is 1. The zero-order valence-electron chi connectivity index (χ0n) is 12.3. The maximum atomic E-state index is 13.7. The summed E-state index contributed by atoms with van der Waals surface area (Å²) < 4.78 is 13.7. The average Bonchev–Trinajstić information content (AvgIpc) is 2.46. The predicted octanol–water partition coefficient (Wildman–Crippen LogP) is 2.89. The molecule has 0 radical (unpaired) electrons. The normalized spacial score (nSPS) is 17.0. The van der Waals surface area contributed by atoms with Crippen molar-refractivity contribution in [3.8, 4) is 6.07 Å². The highest BCUT2D eigenvalue weighted by molar-refractivity contribution is 5.47. The molecule has 0 spiro atoms. The van der Waals surface area contributed by atoms with E-state index in [4.69, 9.17) is 5.26 Å². The SMILES string of the molecule is CC(C)(C#N)CCN1CCN(c2ccccc2F)CC1.